The van der Waals surface area contributed by atoms with E-state index in [2.05, 4.69) is 31.3 Å². The maximum absolute atomic E-state index is 13.4. The largest absolute Gasteiger partial charge is 0.341 e. The molecular formula is C26H31N3O2S. The number of aryl methyl sites for hydroxylation is 1. The molecule has 1 saturated heterocycles. The van der Waals surface area contributed by atoms with Crippen LogP contribution in [0.3, 0.4) is 0 Å². The lowest BCUT2D eigenvalue weighted by Gasteiger charge is -2.34. The van der Waals surface area contributed by atoms with E-state index >= 15 is 0 Å². The molecule has 1 atom stereocenters. The molecule has 1 aliphatic rings. The Hall–Kier alpha value is -2.73. The Kier molecular flexibility index (Phi) is 6.89. The Morgan fingerprint density at radius 1 is 1.09 bits per heavy atom. The first-order valence-corrected chi connectivity index (χ1v) is 12.2. The van der Waals surface area contributed by atoms with Gasteiger partial charge in [-0.1, -0.05) is 44.2 Å². The molecule has 1 unspecified atom stereocenters. The number of para-hydroxylation sites is 1. The van der Waals surface area contributed by atoms with Gasteiger partial charge in [0.05, 0.1) is 15.2 Å². The molecule has 0 spiro atoms. The lowest BCUT2D eigenvalue weighted by atomic mass is 9.95. The number of thiazole rings is 1. The predicted molar refractivity (Wildman–Crippen MR) is 130 cm³/mol. The van der Waals surface area contributed by atoms with Gasteiger partial charge in [0.2, 0.25) is 5.91 Å². The standard InChI is InChI=1S/C26H31N3O2S/c1-17(2)16-22(27-24(30)20-9-5-4-8-18(20)3)26(31)29-14-12-19(13-15-29)25-28-21-10-6-7-11-23(21)32-25/h4-11,17,19,22H,12-16H2,1-3H3,(H,27,30). The van der Waals surface area contributed by atoms with Gasteiger partial charge >= 0.3 is 0 Å². The van der Waals surface area contributed by atoms with Crippen LogP contribution in [0.15, 0.2) is 48.5 Å². The van der Waals surface area contributed by atoms with Crippen LogP contribution >= 0.6 is 11.3 Å². The van der Waals surface area contributed by atoms with Crippen LogP contribution in [0.2, 0.25) is 0 Å². The van der Waals surface area contributed by atoms with Gasteiger partial charge < -0.3 is 10.2 Å². The number of nitrogens with zero attached hydrogens (tertiary/aromatic N) is 2. The van der Waals surface area contributed by atoms with Gasteiger partial charge in [0.25, 0.3) is 5.91 Å². The van der Waals surface area contributed by atoms with Gasteiger partial charge in [0.15, 0.2) is 0 Å². The molecule has 3 aromatic rings. The fourth-order valence-electron chi connectivity index (χ4n) is 4.39. The van der Waals surface area contributed by atoms with Gasteiger partial charge in [-0.25, -0.2) is 4.98 Å². The van der Waals surface area contributed by atoms with Crippen LogP contribution in [-0.2, 0) is 4.79 Å². The van der Waals surface area contributed by atoms with Crippen LogP contribution in [0.1, 0.15) is 60.0 Å². The zero-order valence-electron chi connectivity index (χ0n) is 19.0. The monoisotopic (exact) mass is 449 g/mol. The Morgan fingerprint density at radius 3 is 2.47 bits per heavy atom. The fraction of sp³-hybridized carbons (Fsp3) is 0.423. The van der Waals surface area contributed by atoms with Crippen molar-refractivity contribution >= 4 is 33.4 Å². The molecular weight excluding hydrogens is 418 g/mol. The maximum atomic E-state index is 13.4. The van der Waals surface area contributed by atoms with E-state index in [-0.39, 0.29) is 11.8 Å². The first-order chi connectivity index (χ1) is 15.4. The number of benzene rings is 2. The topological polar surface area (TPSA) is 62.3 Å². The molecule has 1 aromatic heterocycles. The minimum Gasteiger partial charge on any atom is -0.341 e. The van der Waals surface area contributed by atoms with Crippen molar-refractivity contribution in [3.05, 3.63) is 64.7 Å². The summed E-state index contributed by atoms with van der Waals surface area (Å²) in [6, 6.07) is 15.2. The van der Waals surface area contributed by atoms with E-state index < -0.39 is 6.04 Å². The third-order valence-electron chi connectivity index (χ3n) is 6.17. The van der Waals surface area contributed by atoms with E-state index in [9.17, 15) is 9.59 Å². The number of aromatic nitrogens is 1. The summed E-state index contributed by atoms with van der Waals surface area (Å²) in [5.41, 5.74) is 2.60. The van der Waals surface area contributed by atoms with Crippen molar-refractivity contribution in [2.24, 2.45) is 5.92 Å². The summed E-state index contributed by atoms with van der Waals surface area (Å²) >= 11 is 1.76. The molecule has 0 saturated carbocycles. The molecule has 0 radical (unpaired) electrons. The normalized spacial score (nSPS) is 15.8. The molecule has 5 nitrogen and oxygen atoms in total. The molecule has 2 aromatic carbocycles. The highest BCUT2D eigenvalue weighted by molar-refractivity contribution is 7.18. The number of amides is 2. The Balaban J connectivity index is 1.41. The summed E-state index contributed by atoms with van der Waals surface area (Å²) in [5, 5.41) is 4.19. The number of rotatable bonds is 6. The van der Waals surface area contributed by atoms with Gasteiger partial charge in [-0.15, -0.1) is 11.3 Å². The van der Waals surface area contributed by atoms with Gasteiger partial charge in [-0.2, -0.15) is 0 Å². The number of carbonyl (C=O) groups is 2. The highest BCUT2D eigenvalue weighted by atomic mass is 32.1. The van der Waals surface area contributed by atoms with Crippen molar-refractivity contribution < 1.29 is 9.59 Å². The highest BCUT2D eigenvalue weighted by Crippen LogP contribution is 2.34. The highest BCUT2D eigenvalue weighted by Gasteiger charge is 2.31. The van der Waals surface area contributed by atoms with Crippen LogP contribution in [0, 0.1) is 12.8 Å². The summed E-state index contributed by atoms with van der Waals surface area (Å²) in [5.74, 6) is 0.554. The van der Waals surface area contributed by atoms with Crippen LogP contribution in [-0.4, -0.2) is 40.8 Å². The quantitative estimate of drug-likeness (QED) is 0.566. The second-order valence-electron chi connectivity index (χ2n) is 9.09. The zero-order valence-corrected chi connectivity index (χ0v) is 19.8. The third kappa shape index (κ3) is 5.01. The molecule has 32 heavy (non-hydrogen) atoms. The number of nitrogens with one attached hydrogen (secondary N) is 1. The molecule has 2 amide bonds. The summed E-state index contributed by atoms with van der Waals surface area (Å²) in [6.45, 7) is 7.49. The van der Waals surface area contributed by atoms with Crippen LogP contribution < -0.4 is 5.32 Å². The second-order valence-corrected chi connectivity index (χ2v) is 10.2. The van der Waals surface area contributed by atoms with Crippen LogP contribution in [0.4, 0.5) is 0 Å². The van der Waals surface area contributed by atoms with Crippen LogP contribution in [0.5, 0.6) is 0 Å². The molecule has 1 aliphatic heterocycles. The number of fused-ring (bicyclic) bond motifs is 1. The van der Waals surface area contributed by atoms with E-state index in [1.165, 1.54) is 9.71 Å². The first-order valence-electron chi connectivity index (χ1n) is 11.4. The lowest BCUT2D eigenvalue weighted by Crippen LogP contribution is -2.51. The number of likely N-dealkylation sites (tertiary alicyclic amines) is 1. The molecule has 0 aliphatic carbocycles. The molecule has 6 heteroatoms. The average molecular weight is 450 g/mol. The van der Waals surface area contributed by atoms with E-state index in [0.717, 1.165) is 23.9 Å². The lowest BCUT2D eigenvalue weighted by molar-refractivity contribution is -0.134. The Morgan fingerprint density at radius 2 is 1.78 bits per heavy atom. The maximum Gasteiger partial charge on any atom is 0.252 e. The number of carbonyl (C=O) groups excluding carboxylic acids is 2. The van der Waals surface area contributed by atoms with E-state index in [4.69, 9.17) is 4.98 Å². The predicted octanol–water partition coefficient (Wildman–Crippen LogP) is 5.16. The Labute approximate surface area is 193 Å². The van der Waals surface area contributed by atoms with Crippen molar-refractivity contribution in [3.63, 3.8) is 0 Å². The number of hydrogen-bond donors (Lipinski definition) is 1. The van der Waals surface area contributed by atoms with Gasteiger partial charge in [-0.3, -0.25) is 9.59 Å². The van der Waals surface area contributed by atoms with Gasteiger partial charge in [0.1, 0.15) is 6.04 Å². The smallest absolute Gasteiger partial charge is 0.252 e. The van der Waals surface area contributed by atoms with Crippen molar-refractivity contribution in [3.8, 4) is 0 Å². The first kappa shape index (κ1) is 22.5. The van der Waals surface area contributed by atoms with E-state index in [1.807, 2.05) is 48.2 Å². The van der Waals surface area contributed by atoms with Gasteiger partial charge in [-0.05, 0) is 55.9 Å². The summed E-state index contributed by atoms with van der Waals surface area (Å²) in [6.07, 6.45) is 2.45. The molecule has 4 rings (SSSR count). The summed E-state index contributed by atoms with van der Waals surface area (Å²) < 4.78 is 1.22. The van der Waals surface area contributed by atoms with Gasteiger partial charge in [0, 0.05) is 24.6 Å². The van der Waals surface area contributed by atoms with Crippen molar-refractivity contribution in [2.45, 2.75) is 52.0 Å². The molecule has 2 heterocycles. The Bertz CT molecular complexity index is 1070. The van der Waals surface area contributed by atoms with Crippen LogP contribution in [0.25, 0.3) is 10.2 Å². The average Bonchev–Trinajstić information content (AvgIpc) is 3.22. The summed E-state index contributed by atoms with van der Waals surface area (Å²) in [7, 11) is 0. The van der Waals surface area contributed by atoms with E-state index in [0.29, 0.717) is 36.9 Å². The fourth-order valence-corrected chi connectivity index (χ4v) is 5.52. The minimum atomic E-state index is -0.499. The molecule has 1 fully saturated rings. The zero-order chi connectivity index (χ0) is 22.7. The third-order valence-corrected chi connectivity index (χ3v) is 7.37. The van der Waals surface area contributed by atoms with Crippen molar-refractivity contribution in [2.75, 3.05) is 13.1 Å². The molecule has 1 N–H and O–H groups in total. The van der Waals surface area contributed by atoms with Crippen molar-refractivity contribution in [1.29, 1.82) is 0 Å². The summed E-state index contributed by atoms with van der Waals surface area (Å²) in [4.78, 5) is 33.0. The van der Waals surface area contributed by atoms with E-state index in [1.54, 1.807) is 11.3 Å². The minimum absolute atomic E-state index is 0.0309. The molecule has 0 bridgehead atoms. The SMILES string of the molecule is Cc1ccccc1C(=O)NC(CC(C)C)C(=O)N1CCC(c2nc3ccccc3s2)CC1. The number of piperidine rings is 1. The second kappa shape index (κ2) is 9.82. The molecule has 168 valence electrons. The van der Waals surface area contributed by atoms with Crippen molar-refractivity contribution in [1.82, 2.24) is 15.2 Å². The number of hydrogen-bond acceptors (Lipinski definition) is 4.